The molecule has 2 N–H and O–H groups in total. The number of amides is 3. The lowest BCUT2D eigenvalue weighted by Gasteiger charge is -2.27. The van der Waals surface area contributed by atoms with Crippen molar-refractivity contribution in [1.29, 1.82) is 0 Å². The van der Waals surface area contributed by atoms with Crippen LogP contribution in [0.5, 0.6) is 0 Å². The molecule has 1 saturated heterocycles. The van der Waals surface area contributed by atoms with Crippen LogP contribution in [0.15, 0.2) is 12.2 Å². The van der Waals surface area contributed by atoms with Crippen LogP contribution < -0.4 is 5.73 Å². The zero-order valence-corrected chi connectivity index (χ0v) is 10.9. The summed E-state index contributed by atoms with van der Waals surface area (Å²) in [7, 11) is 0. The van der Waals surface area contributed by atoms with Gasteiger partial charge in [-0.25, -0.2) is 9.59 Å². The molecule has 0 aromatic rings. The summed E-state index contributed by atoms with van der Waals surface area (Å²) in [6, 6.07) is -0.676. The summed E-state index contributed by atoms with van der Waals surface area (Å²) in [5.74, 6) is 0. The van der Waals surface area contributed by atoms with Gasteiger partial charge in [-0.3, -0.25) is 9.80 Å². The Morgan fingerprint density at radius 1 is 1.33 bits per heavy atom. The van der Waals surface area contributed by atoms with E-state index in [0.29, 0.717) is 0 Å². The Labute approximate surface area is 106 Å². The smallest absolute Gasteiger partial charge is 0.412 e. The molecule has 100 valence electrons. The fraction of sp³-hybridized carbons (Fsp3) is 0.667. The molecule has 1 aliphatic carbocycles. The lowest BCUT2D eigenvalue weighted by molar-refractivity contribution is 0.0215. The first-order valence-electron chi connectivity index (χ1n) is 6.02. The largest absolute Gasteiger partial charge is 0.444 e. The molecule has 6 heteroatoms. The first-order chi connectivity index (χ1) is 8.29. The van der Waals surface area contributed by atoms with Crippen LogP contribution in [0.1, 0.15) is 27.2 Å². The van der Waals surface area contributed by atoms with E-state index in [2.05, 4.69) is 0 Å². The third-order valence-corrected chi connectivity index (χ3v) is 3.08. The number of rotatable bonds is 0. The average Bonchev–Trinajstić information content (AvgIpc) is 2.72. The highest BCUT2D eigenvalue weighted by atomic mass is 16.6. The summed E-state index contributed by atoms with van der Waals surface area (Å²) in [6.45, 7) is 5.65. The molecule has 6 nitrogen and oxygen atoms in total. The average molecular weight is 253 g/mol. The number of ether oxygens (including phenoxy) is 1. The van der Waals surface area contributed by atoms with Crippen molar-refractivity contribution in [1.82, 2.24) is 9.80 Å². The summed E-state index contributed by atoms with van der Waals surface area (Å²) >= 11 is 0. The number of carbonyl (C=O) groups is 2. The minimum absolute atomic E-state index is 0.0488. The molecule has 0 saturated carbocycles. The van der Waals surface area contributed by atoms with Crippen LogP contribution in [0.25, 0.3) is 0 Å². The molecule has 0 unspecified atom stereocenters. The topological polar surface area (TPSA) is 75.9 Å². The highest BCUT2D eigenvalue weighted by molar-refractivity contribution is 5.76. The van der Waals surface area contributed by atoms with Gasteiger partial charge in [0.15, 0.2) is 0 Å². The van der Waals surface area contributed by atoms with Crippen molar-refractivity contribution in [3.63, 3.8) is 0 Å². The number of primary amides is 1. The summed E-state index contributed by atoms with van der Waals surface area (Å²) in [4.78, 5) is 26.5. The SMILES string of the molecule is CC(C)(C)OC(=O)N1CN(C(N)=O)[C@H]2C=CC[C@H]21. The monoisotopic (exact) mass is 253 g/mol. The Balaban J connectivity index is 2.11. The van der Waals surface area contributed by atoms with Crippen LogP contribution in [0.3, 0.4) is 0 Å². The van der Waals surface area contributed by atoms with Crippen LogP contribution >= 0.6 is 0 Å². The summed E-state index contributed by atoms with van der Waals surface area (Å²) in [6.07, 6.45) is 4.21. The molecule has 0 bridgehead atoms. The minimum atomic E-state index is -0.543. The van der Waals surface area contributed by atoms with Gasteiger partial charge in [-0.15, -0.1) is 0 Å². The molecule has 2 rings (SSSR count). The second kappa shape index (κ2) is 4.19. The molecule has 0 spiro atoms. The van der Waals surface area contributed by atoms with Gasteiger partial charge in [-0.05, 0) is 27.2 Å². The molecule has 3 amide bonds. The molecule has 18 heavy (non-hydrogen) atoms. The standard InChI is InChI=1S/C12H19N3O3/c1-12(2,3)18-11(17)15-7-14(10(13)16)8-5-4-6-9(8)15/h4-5,8-9H,6-7H2,1-3H3,(H2,13,16)/t8-,9+/m0/s1. The quantitative estimate of drug-likeness (QED) is 0.660. The summed E-state index contributed by atoms with van der Waals surface area (Å²) < 4.78 is 5.34. The number of hydrogen-bond donors (Lipinski definition) is 1. The maximum Gasteiger partial charge on any atom is 0.412 e. The van der Waals surface area contributed by atoms with E-state index in [0.717, 1.165) is 6.42 Å². The highest BCUT2D eigenvalue weighted by Gasteiger charge is 2.45. The maximum atomic E-state index is 12.1. The van der Waals surface area contributed by atoms with Gasteiger partial charge in [0.25, 0.3) is 0 Å². The molecular weight excluding hydrogens is 234 g/mol. The van der Waals surface area contributed by atoms with E-state index in [9.17, 15) is 9.59 Å². The molecule has 1 aliphatic heterocycles. The highest BCUT2D eigenvalue weighted by Crippen LogP contribution is 2.30. The first-order valence-corrected chi connectivity index (χ1v) is 6.02. The predicted octanol–water partition coefficient (Wildman–Crippen LogP) is 1.27. The van der Waals surface area contributed by atoms with Crippen LogP contribution in [-0.2, 0) is 4.74 Å². The van der Waals surface area contributed by atoms with Gasteiger partial charge >= 0.3 is 12.1 Å². The van der Waals surface area contributed by atoms with Gasteiger partial charge in [0.1, 0.15) is 12.3 Å². The van der Waals surface area contributed by atoms with Crippen molar-refractivity contribution in [3.8, 4) is 0 Å². The predicted molar refractivity (Wildman–Crippen MR) is 65.7 cm³/mol. The number of nitrogens with zero attached hydrogens (tertiary/aromatic N) is 2. The Kier molecular flexibility index (Phi) is 2.96. The van der Waals surface area contributed by atoms with Crippen LogP contribution in [0.4, 0.5) is 9.59 Å². The van der Waals surface area contributed by atoms with Crippen molar-refractivity contribution >= 4 is 12.1 Å². The van der Waals surface area contributed by atoms with Gasteiger partial charge < -0.3 is 10.5 Å². The Hall–Kier alpha value is -1.72. The lowest BCUT2D eigenvalue weighted by Crippen LogP contribution is -2.41. The van der Waals surface area contributed by atoms with Crippen LogP contribution in [-0.4, -0.2) is 46.3 Å². The van der Waals surface area contributed by atoms with Crippen molar-refractivity contribution in [3.05, 3.63) is 12.2 Å². The molecule has 0 aromatic heterocycles. The summed E-state index contributed by atoms with van der Waals surface area (Å²) in [5, 5.41) is 0. The number of urea groups is 1. The van der Waals surface area contributed by atoms with Gasteiger partial charge in [0.05, 0.1) is 12.1 Å². The second-order valence-corrected chi connectivity index (χ2v) is 5.62. The van der Waals surface area contributed by atoms with E-state index in [1.54, 1.807) is 4.90 Å². The first kappa shape index (κ1) is 12.7. The number of carbonyl (C=O) groups excluding carboxylic acids is 2. The van der Waals surface area contributed by atoms with E-state index < -0.39 is 17.7 Å². The van der Waals surface area contributed by atoms with E-state index in [1.807, 2.05) is 32.9 Å². The van der Waals surface area contributed by atoms with Crippen molar-refractivity contribution in [2.75, 3.05) is 6.67 Å². The Bertz CT molecular complexity index is 400. The van der Waals surface area contributed by atoms with E-state index >= 15 is 0 Å². The third-order valence-electron chi connectivity index (χ3n) is 3.08. The molecule has 1 heterocycles. The van der Waals surface area contributed by atoms with Gasteiger partial charge in [-0.1, -0.05) is 12.2 Å². The normalized spacial score (nSPS) is 26.4. The molecule has 2 aliphatic rings. The molecule has 1 fully saturated rings. The van der Waals surface area contributed by atoms with Crippen molar-refractivity contribution in [2.45, 2.75) is 44.9 Å². The lowest BCUT2D eigenvalue weighted by atomic mass is 10.1. The fourth-order valence-corrected chi connectivity index (χ4v) is 2.34. The fourth-order valence-electron chi connectivity index (χ4n) is 2.34. The van der Waals surface area contributed by atoms with Crippen LogP contribution in [0.2, 0.25) is 0 Å². The van der Waals surface area contributed by atoms with Crippen molar-refractivity contribution < 1.29 is 14.3 Å². The third kappa shape index (κ3) is 2.27. The second-order valence-electron chi connectivity index (χ2n) is 5.62. The number of nitrogens with two attached hydrogens (primary N) is 1. The Morgan fingerprint density at radius 3 is 2.56 bits per heavy atom. The number of hydrogen-bond acceptors (Lipinski definition) is 3. The Morgan fingerprint density at radius 2 is 2.00 bits per heavy atom. The van der Waals surface area contributed by atoms with Gasteiger partial charge in [0, 0.05) is 0 Å². The van der Waals surface area contributed by atoms with E-state index in [1.165, 1.54) is 4.90 Å². The molecular formula is C12H19N3O3. The maximum absolute atomic E-state index is 12.1. The van der Waals surface area contributed by atoms with Crippen LogP contribution in [0, 0.1) is 0 Å². The van der Waals surface area contributed by atoms with Gasteiger partial charge in [0.2, 0.25) is 0 Å². The zero-order chi connectivity index (χ0) is 13.5. The van der Waals surface area contributed by atoms with E-state index in [-0.39, 0.29) is 18.8 Å². The number of fused-ring (bicyclic) bond motifs is 1. The minimum Gasteiger partial charge on any atom is -0.444 e. The summed E-state index contributed by atoms with van der Waals surface area (Å²) in [5.41, 5.74) is 4.77. The van der Waals surface area contributed by atoms with E-state index in [4.69, 9.17) is 10.5 Å². The molecule has 0 radical (unpaired) electrons. The zero-order valence-electron chi connectivity index (χ0n) is 10.9. The van der Waals surface area contributed by atoms with Gasteiger partial charge in [-0.2, -0.15) is 0 Å². The molecule has 0 aromatic carbocycles. The van der Waals surface area contributed by atoms with Crippen molar-refractivity contribution in [2.24, 2.45) is 5.73 Å². The molecule has 2 atom stereocenters.